The van der Waals surface area contributed by atoms with Crippen LogP contribution in [0, 0.1) is 10.1 Å². The van der Waals surface area contributed by atoms with Crippen LogP contribution in [-0.4, -0.2) is 48.1 Å². The molecule has 3 rings (SSSR count). The minimum atomic E-state index is -1.23. The zero-order valence-electron chi connectivity index (χ0n) is 13.8. The Morgan fingerprint density at radius 2 is 1.62 bits per heavy atom. The van der Waals surface area contributed by atoms with Crippen LogP contribution in [0.4, 0.5) is 11.4 Å². The summed E-state index contributed by atoms with van der Waals surface area (Å²) >= 11 is 0. The Morgan fingerprint density at radius 3 is 2.23 bits per heavy atom. The molecule has 0 saturated carbocycles. The molecule has 2 aromatic rings. The van der Waals surface area contributed by atoms with Crippen molar-refractivity contribution in [2.75, 3.05) is 31.2 Å². The van der Waals surface area contributed by atoms with E-state index in [0.717, 1.165) is 0 Å². The van der Waals surface area contributed by atoms with Crippen LogP contribution in [0.5, 0.6) is 0 Å². The van der Waals surface area contributed by atoms with Gasteiger partial charge in [0, 0.05) is 24.7 Å². The van der Waals surface area contributed by atoms with Crippen LogP contribution in [0.15, 0.2) is 42.5 Å². The fourth-order valence-corrected chi connectivity index (χ4v) is 2.99. The molecule has 1 saturated heterocycles. The number of carbonyl (C=O) groups excluding carboxylic acids is 1. The highest BCUT2D eigenvalue weighted by atomic mass is 16.6. The van der Waals surface area contributed by atoms with Gasteiger partial charge in [-0.2, -0.15) is 0 Å². The molecule has 0 aromatic heterocycles. The van der Waals surface area contributed by atoms with E-state index in [-0.39, 0.29) is 28.1 Å². The van der Waals surface area contributed by atoms with Gasteiger partial charge in [0.05, 0.1) is 29.3 Å². The Kier molecular flexibility index (Phi) is 4.94. The predicted molar refractivity (Wildman–Crippen MR) is 93.0 cm³/mol. The SMILES string of the molecule is O=C(O)c1ccccc1C(=O)c1cccc([N+](=O)[O-])c1N1CCOCC1. The number of aromatic carboxylic acids is 1. The molecule has 1 aliphatic rings. The van der Waals surface area contributed by atoms with Crippen LogP contribution < -0.4 is 4.90 Å². The molecule has 8 heteroatoms. The van der Waals surface area contributed by atoms with E-state index in [1.54, 1.807) is 11.0 Å². The van der Waals surface area contributed by atoms with Crippen molar-refractivity contribution in [1.29, 1.82) is 0 Å². The number of ketones is 1. The molecule has 0 bridgehead atoms. The first-order chi connectivity index (χ1) is 12.5. The number of hydrogen-bond donors (Lipinski definition) is 1. The first-order valence-electron chi connectivity index (χ1n) is 7.98. The van der Waals surface area contributed by atoms with Crippen molar-refractivity contribution < 1.29 is 24.4 Å². The number of rotatable bonds is 5. The lowest BCUT2D eigenvalue weighted by Gasteiger charge is -2.29. The van der Waals surface area contributed by atoms with Crippen molar-refractivity contribution in [2.24, 2.45) is 0 Å². The fraction of sp³-hybridized carbons (Fsp3) is 0.222. The van der Waals surface area contributed by atoms with Gasteiger partial charge < -0.3 is 14.7 Å². The zero-order valence-corrected chi connectivity index (χ0v) is 13.8. The van der Waals surface area contributed by atoms with Gasteiger partial charge in [-0.1, -0.05) is 24.3 Å². The standard InChI is InChI=1S/C18H16N2O6/c21-17(12-4-1-2-5-13(12)18(22)23)14-6-3-7-15(20(24)25)16(14)19-8-10-26-11-9-19/h1-7H,8-11H2,(H,22,23). The number of carbonyl (C=O) groups is 2. The number of anilines is 1. The number of benzene rings is 2. The van der Waals surface area contributed by atoms with E-state index in [1.165, 1.54) is 36.4 Å². The Labute approximate surface area is 148 Å². The smallest absolute Gasteiger partial charge is 0.336 e. The summed E-state index contributed by atoms with van der Waals surface area (Å²) in [7, 11) is 0. The van der Waals surface area contributed by atoms with Gasteiger partial charge in [0.25, 0.3) is 5.69 Å². The second-order valence-corrected chi connectivity index (χ2v) is 5.71. The first kappa shape index (κ1) is 17.6. The molecule has 1 N–H and O–H groups in total. The molecule has 26 heavy (non-hydrogen) atoms. The Hall–Kier alpha value is -3.26. The van der Waals surface area contributed by atoms with Gasteiger partial charge in [-0.15, -0.1) is 0 Å². The largest absolute Gasteiger partial charge is 0.478 e. The maximum atomic E-state index is 13.1. The topological polar surface area (TPSA) is 110 Å². The van der Waals surface area contributed by atoms with Crippen molar-refractivity contribution in [1.82, 2.24) is 0 Å². The summed E-state index contributed by atoms with van der Waals surface area (Å²) in [5.74, 6) is -1.79. The van der Waals surface area contributed by atoms with E-state index in [2.05, 4.69) is 0 Å². The van der Waals surface area contributed by atoms with E-state index in [1.807, 2.05) is 0 Å². The number of nitrogens with zero attached hydrogens (tertiary/aromatic N) is 2. The van der Waals surface area contributed by atoms with Gasteiger partial charge in [0.15, 0.2) is 5.78 Å². The summed E-state index contributed by atoms with van der Waals surface area (Å²) in [6, 6.07) is 10.1. The van der Waals surface area contributed by atoms with Crippen LogP contribution in [0.25, 0.3) is 0 Å². The highest BCUT2D eigenvalue weighted by Crippen LogP contribution is 2.34. The lowest BCUT2D eigenvalue weighted by Crippen LogP contribution is -2.37. The van der Waals surface area contributed by atoms with E-state index in [9.17, 15) is 24.8 Å². The van der Waals surface area contributed by atoms with E-state index < -0.39 is 16.7 Å². The molecule has 134 valence electrons. The average Bonchev–Trinajstić information content (AvgIpc) is 2.67. The van der Waals surface area contributed by atoms with Gasteiger partial charge in [-0.25, -0.2) is 4.79 Å². The van der Waals surface area contributed by atoms with Gasteiger partial charge in [0.1, 0.15) is 5.69 Å². The maximum absolute atomic E-state index is 13.1. The van der Waals surface area contributed by atoms with E-state index >= 15 is 0 Å². The second kappa shape index (κ2) is 7.32. The number of nitro benzene ring substituents is 1. The minimum absolute atomic E-state index is 0.00462. The third-order valence-corrected chi connectivity index (χ3v) is 4.19. The molecule has 1 aliphatic heterocycles. The monoisotopic (exact) mass is 356 g/mol. The Balaban J connectivity index is 2.16. The molecule has 1 fully saturated rings. The van der Waals surface area contributed by atoms with Gasteiger partial charge in [-0.05, 0) is 12.1 Å². The van der Waals surface area contributed by atoms with Crippen LogP contribution in [0.2, 0.25) is 0 Å². The number of para-hydroxylation sites is 1. The summed E-state index contributed by atoms with van der Waals surface area (Å²) in [4.78, 5) is 37.2. The summed E-state index contributed by atoms with van der Waals surface area (Å²) in [5.41, 5.74) is -0.0294. The van der Waals surface area contributed by atoms with Crippen LogP contribution in [0.1, 0.15) is 26.3 Å². The molecule has 0 spiro atoms. The van der Waals surface area contributed by atoms with Crippen LogP contribution in [0.3, 0.4) is 0 Å². The summed E-state index contributed by atoms with van der Waals surface area (Å²) in [6.07, 6.45) is 0. The zero-order chi connectivity index (χ0) is 18.7. The summed E-state index contributed by atoms with van der Waals surface area (Å²) < 4.78 is 5.28. The second-order valence-electron chi connectivity index (χ2n) is 5.71. The Bertz CT molecular complexity index is 874. The Morgan fingerprint density at radius 1 is 1.00 bits per heavy atom. The quantitative estimate of drug-likeness (QED) is 0.497. The lowest BCUT2D eigenvalue weighted by atomic mass is 9.96. The first-order valence-corrected chi connectivity index (χ1v) is 7.98. The van der Waals surface area contributed by atoms with Gasteiger partial charge in [0.2, 0.25) is 0 Å². The molecule has 0 unspecified atom stereocenters. The molecular formula is C18H16N2O6. The van der Waals surface area contributed by atoms with Gasteiger partial charge in [-0.3, -0.25) is 14.9 Å². The highest BCUT2D eigenvalue weighted by molar-refractivity contribution is 6.17. The van der Waals surface area contributed by atoms with Crippen molar-refractivity contribution in [3.05, 3.63) is 69.3 Å². The van der Waals surface area contributed by atoms with E-state index in [0.29, 0.717) is 26.3 Å². The summed E-state index contributed by atoms with van der Waals surface area (Å²) in [5, 5.41) is 20.8. The van der Waals surface area contributed by atoms with Crippen LogP contribution >= 0.6 is 0 Å². The van der Waals surface area contributed by atoms with Crippen molar-refractivity contribution in [3.8, 4) is 0 Å². The molecular weight excluding hydrogens is 340 g/mol. The predicted octanol–water partition coefficient (Wildman–Crippen LogP) is 2.36. The number of hydrogen-bond acceptors (Lipinski definition) is 6. The minimum Gasteiger partial charge on any atom is -0.478 e. The third-order valence-electron chi connectivity index (χ3n) is 4.19. The molecule has 0 amide bonds. The summed E-state index contributed by atoms with van der Waals surface area (Å²) in [6.45, 7) is 1.61. The van der Waals surface area contributed by atoms with Crippen LogP contribution in [-0.2, 0) is 4.74 Å². The fourth-order valence-electron chi connectivity index (χ4n) is 2.99. The normalized spacial score (nSPS) is 14.1. The number of carboxylic acids is 1. The molecule has 0 atom stereocenters. The van der Waals surface area contributed by atoms with Gasteiger partial charge >= 0.3 is 5.97 Å². The van der Waals surface area contributed by atoms with Crippen molar-refractivity contribution >= 4 is 23.1 Å². The number of morpholine rings is 1. The number of carboxylic acid groups (broad SMARTS) is 1. The van der Waals surface area contributed by atoms with Crippen molar-refractivity contribution in [3.63, 3.8) is 0 Å². The highest BCUT2D eigenvalue weighted by Gasteiger charge is 2.29. The molecule has 0 aliphatic carbocycles. The molecule has 1 heterocycles. The van der Waals surface area contributed by atoms with Crippen molar-refractivity contribution in [2.45, 2.75) is 0 Å². The molecule has 0 radical (unpaired) electrons. The molecule has 8 nitrogen and oxygen atoms in total. The molecule has 2 aromatic carbocycles. The lowest BCUT2D eigenvalue weighted by molar-refractivity contribution is -0.384. The number of ether oxygens (including phenoxy) is 1. The van der Waals surface area contributed by atoms with E-state index in [4.69, 9.17) is 4.74 Å². The third kappa shape index (κ3) is 3.27. The average molecular weight is 356 g/mol. The number of nitro groups is 1. The maximum Gasteiger partial charge on any atom is 0.336 e.